The van der Waals surface area contributed by atoms with Gasteiger partial charge in [-0.15, -0.1) is 12.4 Å². The van der Waals surface area contributed by atoms with Crippen LogP contribution >= 0.6 is 28.3 Å². The Morgan fingerprint density at radius 1 is 1.11 bits per heavy atom. The van der Waals surface area contributed by atoms with Gasteiger partial charge in [-0.1, -0.05) is 60.1 Å². The average molecular weight is 472 g/mol. The molecule has 0 unspecified atom stereocenters. The molecule has 0 atom stereocenters. The number of rotatable bonds is 10. The van der Waals surface area contributed by atoms with E-state index in [1.165, 1.54) is 0 Å². The molecule has 0 saturated carbocycles. The molecule has 0 heterocycles. The van der Waals surface area contributed by atoms with Crippen LogP contribution in [0.5, 0.6) is 11.5 Å². The number of hydrogen-bond donors (Lipinski definition) is 2. The van der Waals surface area contributed by atoms with E-state index in [1.54, 1.807) is 7.11 Å². The lowest BCUT2D eigenvalue weighted by Crippen LogP contribution is -2.28. The van der Waals surface area contributed by atoms with Gasteiger partial charge in [0.05, 0.1) is 7.11 Å². The fourth-order valence-electron chi connectivity index (χ4n) is 2.47. The van der Waals surface area contributed by atoms with Crippen LogP contribution in [-0.4, -0.2) is 26.2 Å². The van der Waals surface area contributed by atoms with E-state index in [9.17, 15) is 4.79 Å². The molecule has 7 heteroatoms. The maximum Gasteiger partial charge on any atom is 0.258 e. The predicted molar refractivity (Wildman–Crippen MR) is 118 cm³/mol. The standard InChI is InChI=1S/C21H27BrN2O3.ClH/c1-15(2)11-23-13-17-9-19(26-3)20(10-18(17)22)27-14-21(25)24-12-16-7-5-4-6-8-16;/h4-10,15,23H,11-14H2,1-3H3,(H,24,25);1H. The molecule has 1 amide bonds. The van der Waals surface area contributed by atoms with Crippen molar-refractivity contribution in [3.8, 4) is 11.5 Å². The quantitative estimate of drug-likeness (QED) is 0.542. The summed E-state index contributed by atoms with van der Waals surface area (Å²) < 4.78 is 12.0. The van der Waals surface area contributed by atoms with E-state index in [2.05, 4.69) is 40.4 Å². The van der Waals surface area contributed by atoms with Crippen molar-refractivity contribution in [1.29, 1.82) is 0 Å². The van der Waals surface area contributed by atoms with E-state index in [0.29, 0.717) is 24.0 Å². The summed E-state index contributed by atoms with van der Waals surface area (Å²) in [5, 5.41) is 6.25. The Morgan fingerprint density at radius 3 is 2.46 bits per heavy atom. The molecular weight excluding hydrogens is 444 g/mol. The molecule has 2 N–H and O–H groups in total. The zero-order valence-electron chi connectivity index (χ0n) is 16.5. The molecule has 0 radical (unpaired) electrons. The minimum Gasteiger partial charge on any atom is -0.493 e. The fourth-order valence-corrected chi connectivity index (χ4v) is 2.93. The highest BCUT2D eigenvalue weighted by Gasteiger charge is 2.12. The normalized spacial score (nSPS) is 10.3. The first-order valence-electron chi connectivity index (χ1n) is 9.00. The number of ether oxygens (including phenoxy) is 2. The summed E-state index contributed by atoms with van der Waals surface area (Å²) in [5.41, 5.74) is 2.12. The predicted octanol–water partition coefficient (Wildman–Crippen LogP) is 4.32. The van der Waals surface area contributed by atoms with Gasteiger partial charge in [0.15, 0.2) is 18.1 Å². The number of hydrogen-bond acceptors (Lipinski definition) is 4. The third kappa shape index (κ3) is 8.09. The zero-order valence-corrected chi connectivity index (χ0v) is 18.9. The lowest BCUT2D eigenvalue weighted by molar-refractivity contribution is -0.123. The summed E-state index contributed by atoms with van der Waals surface area (Å²) in [7, 11) is 1.59. The summed E-state index contributed by atoms with van der Waals surface area (Å²) in [5.74, 6) is 1.55. The van der Waals surface area contributed by atoms with Crippen LogP contribution in [0.25, 0.3) is 0 Å². The van der Waals surface area contributed by atoms with Gasteiger partial charge in [0.2, 0.25) is 0 Å². The second-order valence-corrected chi connectivity index (χ2v) is 7.52. The fraction of sp³-hybridized carbons (Fsp3) is 0.381. The van der Waals surface area contributed by atoms with Crippen LogP contribution in [0.4, 0.5) is 0 Å². The molecule has 0 fully saturated rings. The number of benzene rings is 2. The lowest BCUT2D eigenvalue weighted by atomic mass is 10.1. The van der Waals surface area contributed by atoms with Gasteiger partial charge in [-0.2, -0.15) is 0 Å². The van der Waals surface area contributed by atoms with Crippen LogP contribution in [0, 0.1) is 5.92 Å². The Balaban J connectivity index is 0.00000392. The first-order chi connectivity index (χ1) is 13.0. The van der Waals surface area contributed by atoms with Gasteiger partial charge in [-0.05, 0) is 35.7 Å². The summed E-state index contributed by atoms with van der Waals surface area (Å²) in [6.07, 6.45) is 0. The first kappa shape index (κ1) is 24.3. The molecule has 0 aromatic heterocycles. The molecule has 2 aromatic carbocycles. The smallest absolute Gasteiger partial charge is 0.258 e. The molecule has 0 aliphatic heterocycles. The van der Waals surface area contributed by atoms with Crippen molar-refractivity contribution in [3.63, 3.8) is 0 Å². The van der Waals surface area contributed by atoms with Crippen LogP contribution in [0.2, 0.25) is 0 Å². The SMILES string of the molecule is COc1cc(CNCC(C)C)c(Br)cc1OCC(=O)NCc1ccccc1.Cl. The van der Waals surface area contributed by atoms with E-state index < -0.39 is 0 Å². The topological polar surface area (TPSA) is 59.6 Å². The van der Waals surface area contributed by atoms with Crippen LogP contribution in [-0.2, 0) is 17.9 Å². The van der Waals surface area contributed by atoms with Crippen LogP contribution in [0.3, 0.4) is 0 Å². The van der Waals surface area contributed by atoms with E-state index >= 15 is 0 Å². The lowest BCUT2D eigenvalue weighted by Gasteiger charge is -2.15. The molecule has 5 nitrogen and oxygen atoms in total. The van der Waals surface area contributed by atoms with E-state index in [-0.39, 0.29) is 24.9 Å². The van der Waals surface area contributed by atoms with Gasteiger partial charge in [-0.3, -0.25) is 4.79 Å². The summed E-state index contributed by atoms with van der Waals surface area (Å²) in [6, 6.07) is 13.5. The van der Waals surface area contributed by atoms with E-state index in [1.807, 2.05) is 42.5 Å². The number of carbonyl (C=O) groups excluding carboxylic acids is 1. The highest BCUT2D eigenvalue weighted by Crippen LogP contribution is 2.33. The molecule has 2 rings (SSSR count). The van der Waals surface area contributed by atoms with Crippen molar-refractivity contribution in [2.24, 2.45) is 5.92 Å². The molecule has 0 spiro atoms. The van der Waals surface area contributed by atoms with Crippen molar-refractivity contribution in [3.05, 3.63) is 58.1 Å². The third-order valence-electron chi connectivity index (χ3n) is 3.89. The van der Waals surface area contributed by atoms with Crippen molar-refractivity contribution in [2.75, 3.05) is 20.3 Å². The zero-order chi connectivity index (χ0) is 19.6. The van der Waals surface area contributed by atoms with Crippen LogP contribution in [0.1, 0.15) is 25.0 Å². The maximum absolute atomic E-state index is 12.0. The minimum absolute atomic E-state index is 0. The van der Waals surface area contributed by atoms with Crippen molar-refractivity contribution in [1.82, 2.24) is 10.6 Å². The van der Waals surface area contributed by atoms with Gasteiger partial charge in [0.25, 0.3) is 5.91 Å². The number of nitrogens with one attached hydrogen (secondary N) is 2. The van der Waals surface area contributed by atoms with E-state index in [4.69, 9.17) is 9.47 Å². The first-order valence-corrected chi connectivity index (χ1v) is 9.79. The molecule has 2 aromatic rings. The number of carbonyl (C=O) groups is 1. The van der Waals surface area contributed by atoms with E-state index in [0.717, 1.165) is 28.7 Å². The van der Waals surface area contributed by atoms with Crippen LogP contribution in [0.15, 0.2) is 46.9 Å². The number of amides is 1. The molecule has 0 aliphatic rings. The number of halogens is 2. The second kappa shape index (κ2) is 12.6. The average Bonchev–Trinajstić information content (AvgIpc) is 2.66. The molecular formula is C21H28BrClN2O3. The largest absolute Gasteiger partial charge is 0.493 e. The van der Waals surface area contributed by atoms with Gasteiger partial charge in [0.1, 0.15) is 0 Å². The minimum atomic E-state index is -0.181. The molecule has 0 aliphatic carbocycles. The summed E-state index contributed by atoms with van der Waals surface area (Å²) in [6.45, 7) is 6.41. The molecule has 0 bridgehead atoms. The Morgan fingerprint density at radius 2 is 1.82 bits per heavy atom. The number of methoxy groups -OCH3 is 1. The molecule has 0 saturated heterocycles. The molecule has 154 valence electrons. The Bertz CT molecular complexity index is 742. The Labute approximate surface area is 181 Å². The maximum atomic E-state index is 12.0. The Hall–Kier alpha value is -1.76. The van der Waals surface area contributed by atoms with Crippen LogP contribution < -0.4 is 20.1 Å². The summed E-state index contributed by atoms with van der Waals surface area (Å²) >= 11 is 3.57. The monoisotopic (exact) mass is 470 g/mol. The van der Waals surface area contributed by atoms with Gasteiger partial charge in [0, 0.05) is 17.6 Å². The van der Waals surface area contributed by atoms with Crippen molar-refractivity contribution >= 4 is 34.2 Å². The second-order valence-electron chi connectivity index (χ2n) is 6.67. The van der Waals surface area contributed by atoms with Crippen molar-refractivity contribution < 1.29 is 14.3 Å². The Kier molecular flexibility index (Phi) is 11.0. The van der Waals surface area contributed by atoms with Gasteiger partial charge < -0.3 is 20.1 Å². The van der Waals surface area contributed by atoms with Gasteiger partial charge >= 0.3 is 0 Å². The van der Waals surface area contributed by atoms with Crippen molar-refractivity contribution in [2.45, 2.75) is 26.9 Å². The summed E-state index contributed by atoms with van der Waals surface area (Å²) in [4.78, 5) is 12.0. The molecule has 28 heavy (non-hydrogen) atoms. The highest BCUT2D eigenvalue weighted by atomic mass is 79.9. The van der Waals surface area contributed by atoms with Gasteiger partial charge in [-0.25, -0.2) is 0 Å². The third-order valence-corrected chi connectivity index (χ3v) is 4.63. The highest BCUT2D eigenvalue weighted by molar-refractivity contribution is 9.10.